The molecule has 0 aromatic rings. The lowest BCUT2D eigenvalue weighted by molar-refractivity contribution is 0.0695. The van der Waals surface area contributed by atoms with Gasteiger partial charge in [0.1, 0.15) is 0 Å². The van der Waals surface area contributed by atoms with Crippen LogP contribution in [-0.4, -0.2) is 75.4 Å². The van der Waals surface area contributed by atoms with Crippen LogP contribution in [0.15, 0.2) is 0 Å². The predicted octanol–water partition coefficient (Wildman–Crippen LogP) is 0.000800. The molecule has 1 atom stereocenters. The summed E-state index contributed by atoms with van der Waals surface area (Å²) in [6, 6.07) is 1.34. The van der Waals surface area contributed by atoms with Gasteiger partial charge in [-0.25, -0.2) is 0 Å². The third kappa shape index (κ3) is 3.42. The highest BCUT2D eigenvalue weighted by molar-refractivity contribution is 4.82. The Bertz CT molecular complexity index is 206. The van der Waals surface area contributed by atoms with Crippen molar-refractivity contribution in [3.63, 3.8) is 0 Å². The zero-order chi connectivity index (χ0) is 11.4. The van der Waals surface area contributed by atoms with Crippen LogP contribution >= 0.6 is 0 Å². The number of hydrogen-bond acceptors (Lipinski definition) is 4. The highest BCUT2D eigenvalue weighted by Crippen LogP contribution is 2.09. The summed E-state index contributed by atoms with van der Waals surface area (Å²) in [6.07, 6.45) is 2.35. The van der Waals surface area contributed by atoms with Crippen molar-refractivity contribution in [3.05, 3.63) is 0 Å². The van der Waals surface area contributed by atoms with Gasteiger partial charge in [-0.15, -0.1) is 0 Å². The van der Waals surface area contributed by atoms with Crippen molar-refractivity contribution < 1.29 is 4.74 Å². The van der Waals surface area contributed by atoms with Crippen molar-refractivity contribution in [2.45, 2.75) is 24.9 Å². The summed E-state index contributed by atoms with van der Waals surface area (Å²) in [4.78, 5) is 4.91. The summed E-state index contributed by atoms with van der Waals surface area (Å²) in [7, 11) is 4.46. The maximum absolute atomic E-state index is 5.37. The predicted molar refractivity (Wildman–Crippen MR) is 65.8 cm³/mol. The summed E-state index contributed by atoms with van der Waals surface area (Å²) >= 11 is 0. The summed E-state index contributed by atoms with van der Waals surface area (Å²) in [5.74, 6) is 0. The minimum absolute atomic E-state index is 0.668. The smallest absolute Gasteiger partial charge is 0.0480 e. The molecule has 0 aliphatic carbocycles. The van der Waals surface area contributed by atoms with Crippen molar-refractivity contribution in [3.8, 4) is 0 Å². The lowest BCUT2D eigenvalue weighted by atomic mass is 10.1. The molecule has 0 radical (unpaired) electrons. The fourth-order valence-electron chi connectivity index (χ4n) is 2.53. The van der Waals surface area contributed by atoms with Gasteiger partial charge >= 0.3 is 0 Å². The van der Waals surface area contributed by atoms with Gasteiger partial charge in [0.2, 0.25) is 0 Å². The molecule has 0 bridgehead atoms. The first kappa shape index (κ1) is 12.3. The van der Waals surface area contributed by atoms with Gasteiger partial charge in [-0.1, -0.05) is 0 Å². The van der Waals surface area contributed by atoms with Gasteiger partial charge in [-0.05, 0) is 26.9 Å². The SMILES string of the molecule is CN1CCN(C)C(CNC2CCOCC2)C1. The Balaban J connectivity index is 1.71. The number of piperazine rings is 1. The van der Waals surface area contributed by atoms with Crippen LogP contribution in [0.5, 0.6) is 0 Å². The molecular formula is C12H25N3O. The van der Waals surface area contributed by atoms with Crippen LogP contribution in [0, 0.1) is 0 Å². The number of rotatable bonds is 3. The second-order valence-electron chi connectivity index (χ2n) is 5.19. The lowest BCUT2D eigenvalue weighted by Crippen LogP contribution is -2.55. The van der Waals surface area contributed by atoms with Gasteiger partial charge in [0.25, 0.3) is 0 Å². The normalized spacial score (nSPS) is 30.8. The maximum atomic E-state index is 5.37. The molecule has 2 saturated heterocycles. The highest BCUT2D eigenvalue weighted by atomic mass is 16.5. The number of likely N-dealkylation sites (N-methyl/N-ethyl adjacent to an activating group) is 2. The molecule has 0 aromatic carbocycles. The van der Waals surface area contributed by atoms with Gasteiger partial charge < -0.3 is 15.0 Å². The van der Waals surface area contributed by atoms with Gasteiger partial charge in [0.05, 0.1) is 0 Å². The van der Waals surface area contributed by atoms with E-state index in [1.165, 1.54) is 32.5 Å². The molecule has 2 heterocycles. The third-order valence-electron chi connectivity index (χ3n) is 3.84. The fraction of sp³-hybridized carbons (Fsp3) is 1.00. The van der Waals surface area contributed by atoms with E-state index in [0.717, 1.165) is 19.8 Å². The van der Waals surface area contributed by atoms with Gasteiger partial charge in [0, 0.05) is 51.5 Å². The molecule has 1 N–H and O–H groups in total. The fourth-order valence-corrected chi connectivity index (χ4v) is 2.53. The largest absolute Gasteiger partial charge is 0.381 e. The van der Waals surface area contributed by atoms with Crippen LogP contribution in [-0.2, 0) is 4.74 Å². The number of nitrogens with one attached hydrogen (secondary N) is 1. The average Bonchev–Trinajstić information content (AvgIpc) is 2.32. The van der Waals surface area contributed by atoms with Crippen LogP contribution in [0.2, 0.25) is 0 Å². The maximum Gasteiger partial charge on any atom is 0.0480 e. The van der Waals surface area contributed by atoms with E-state index in [0.29, 0.717) is 12.1 Å². The van der Waals surface area contributed by atoms with Crippen molar-refractivity contribution in [2.24, 2.45) is 0 Å². The topological polar surface area (TPSA) is 27.7 Å². The molecular weight excluding hydrogens is 202 g/mol. The zero-order valence-electron chi connectivity index (χ0n) is 10.6. The van der Waals surface area contributed by atoms with Crippen molar-refractivity contribution in [1.82, 2.24) is 15.1 Å². The van der Waals surface area contributed by atoms with E-state index in [-0.39, 0.29) is 0 Å². The summed E-state index contributed by atoms with van der Waals surface area (Å²) in [6.45, 7) is 6.55. The van der Waals surface area contributed by atoms with E-state index in [2.05, 4.69) is 29.2 Å². The van der Waals surface area contributed by atoms with E-state index < -0.39 is 0 Å². The van der Waals surface area contributed by atoms with Gasteiger partial charge in [-0.3, -0.25) is 4.90 Å². The highest BCUT2D eigenvalue weighted by Gasteiger charge is 2.23. The molecule has 2 aliphatic heterocycles. The van der Waals surface area contributed by atoms with E-state index in [4.69, 9.17) is 4.74 Å². The van der Waals surface area contributed by atoms with E-state index in [9.17, 15) is 0 Å². The average molecular weight is 227 g/mol. The zero-order valence-corrected chi connectivity index (χ0v) is 10.6. The van der Waals surface area contributed by atoms with Crippen molar-refractivity contribution in [2.75, 3.05) is 53.5 Å². The van der Waals surface area contributed by atoms with E-state index in [1.54, 1.807) is 0 Å². The van der Waals surface area contributed by atoms with Crippen molar-refractivity contribution >= 4 is 0 Å². The standard InChI is InChI=1S/C12H25N3O/c1-14-5-6-15(2)12(10-14)9-13-11-3-7-16-8-4-11/h11-13H,3-10H2,1-2H3. The van der Waals surface area contributed by atoms with Crippen LogP contribution in [0.3, 0.4) is 0 Å². The molecule has 94 valence electrons. The summed E-state index contributed by atoms with van der Waals surface area (Å²) in [5.41, 5.74) is 0. The quantitative estimate of drug-likeness (QED) is 0.734. The monoisotopic (exact) mass is 227 g/mol. The number of nitrogens with zero attached hydrogens (tertiary/aromatic N) is 2. The molecule has 2 rings (SSSR count). The number of ether oxygens (including phenoxy) is 1. The van der Waals surface area contributed by atoms with Crippen LogP contribution in [0.4, 0.5) is 0 Å². The lowest BCUT2D eigenvalue weighted by Gasteiger charge is -2.38. The van der Waals surface area contributed by atoms with Gasteiger partial charge in [0.15, 0.2) is 0 Å². The Morgan fingerprint density at radius 3 is 2.69 bits per heavy atom. The minimum Gasteiger partial charge on any atom is -0.381 e. The van der Waals surface area contributed by atoms with E-state index >= 15 is 0 Å². The molecule has 4 nitrogen and oxygen atoms in total. The Morgan fingerprint density at radius 2 is 1.94 bits per heavy atom. The first-order valence-corrected chi connectivity index (χ1v) is 6.45. The Labute approximate surface area is 98.9 Å². The van der Waals surface area contributed by atoms with Crippen LogP contribution in [0.1, 0.15) is 12.8 Å². The van der Waals surface area contributed by atoms with Crippen LogP contribution < -0.4 is 5.32 Å². The molecule has 1 unspecified atom stereocenters. The molecule has 16 heavy (non-hydrogen) atoms. The third-order valence-corrected chi connectivity index (χ3v) is 3.84. The second kappa shape index (κ2) is 5.96. The molecule has 2 fully saturated rings. The van der Waals surface area contributed by atoms with Crippen LogP contribution in [0.25, 0.3) is 0 Å². The Hall–Kier alpha value is -0.160. The van der Waals surface area contributed by atoms with Crippen molar-refractivity contribution in [1.29, 1.82) is 0 Å². The minimum atomic E-state index is 0.668. The summed E-state index contributed by atoms with van der Waals surface area (Å²) < 4.78 is 5.37. The first-order chi connectivity index (χ1) is 7.75. The summed E-state index contributed by atoms with van der Waals surface area (Å²) in [5, 5.41) is 3.69. The molecule has 0 aromatic heterocycles. The molecule has 0 amide bonds. The molecule has 2 aliphatic rings. The second-order valence-corrected chi connectivity index (χ2v) is 5.19. The Kier molecular flexibility index (Phi) is 4.58. The molecule has 0 spiro atoms. The molecule has 4 heteroatoms. The Morgan fingerprint density at radius 1 is 1.19 bits per heavy atom. The number of hydrogen-bond donors (Lipinski definition) is 1. The van der Waals surface area contributed by atoms with E-state index in [1.807, 2.05) is 0 Å². The molecule has 0 saturated carbocycles. The first-order valence-electron chi connectivity index (χ1n) is 6.45. The van der Waals surface area contributed by atoms with Gasteiger partial charge in [-0.2, -0.15) is 0 Å².